The average molecular weight is 339 g/mol. The Hall–Kier alpha value is -3.53. The zero-order valence-corrected chi connectivity index (χ0v) is 14.0. The molecule has 1 heterocycles. The zero-order chi connectivity index (χ0) is 17.8. The van der Waals surface area contributed by atoms with Crippen LogP contribution in [0.25, 0.3) is 0 Å². The minimum absolute atomic E-state index is 0.240. The van der Waals surface area contributed by atoms with Crippen molar-refractivity contribution >= 4 is 23.5 Å². The Balaban J connectivity index is 1.79. The number of aliphatic imine (C=N–C) groups is 2. The minimum Gasteiger partial charge on any atom is -0.322 e. The van der Waals surface area contributed by atoms with E-state index in [0.717, 1.165) is 28.1 Å². The van der Waals surface area contributed by atoms with Gasteiger partial charge in [-0.15, -0.1) is 0 Å². The third-order valence-corrected chi connectivity index (χ3v) is 4.14. The van der Waals surface area contributed by atoms with Gasteiger partial charge in [0.1, 0.15) is 0 Å². The fraction of sp³-hybridized carbons (Fsp3) is 0.0455. The van der Waals surface area contributed by atoms with E-state index < -0.39 is 6.17 Å². The summed E-state index contributed by atoms with van der Waals surface area (Å²) in [6.45, 7) is 0. The summed E-state index contributed by atoms with van der Waals surface area (Å²) in [6.07, 6.45) is 0.851. The number of hydrogen-bond donors (Lipinski definition) is 1. The fourth-order valence-corrected chi connectivity index (χ4v) is 2.87. The van der Waals surface area contributed by atoms with E-state index >= 15 is 0 Å². The number of nitrogens with one attached hydrogen (secondary N) is 1. The summed E-state index contributed by atoms with van der Waals surface area (Å²) in [5.41, 5.74) is 4.28. The van der Waals surface area contributed by atoms with Crippen LogP contribution < -0.4 is 5.32 Å². The predicted molar refractivity (Wildman–Crippen MR) is 105 cm³/mol. The molecular weight excluding hydrogens is 322 g/mol. The Labute approximate surface area is 152 Å². The maximum absolute atomic E-state index is 12.6. The van der Waals surface area contributed by atoms with Crippen LogP contribution >= 0.6 is 0 Å². The van der Waals surface area contributed by atoms with Crippen LogP contribution in [0.1, 0.15) is 16.7 Å². The Morgan fingerprint density at radius 1 is 0.846 bits per heavy atom. The lowest BCUT2D eigenvalue weighted by Crippen LogP contribution is -2.23. The molecule has 0 fully saturated rings. The van der Waals surface area contributed by atoms with Gasteiger partial charge in [0.2, 0.25) is 6.17 Å². The number of benzene rings is 3. The molecule has 0 saturated carbocycles. The van der Waals surface area contributed by atoms with Gasteiger partial charge in [0.25, 0.3) is 5.91 Å². The highest BCUT2D eigenvalue weighted by Gasteiger charge is 2.24. The molecular formula is C22H17N3O. The SMILES string of the molecule is O=C1Nc2ccccc2C(c2ccccc2)=NC1N=Cc1ccccc1. The molecule has 1 aliphatic rings. The van der Waals surface area contributed by atoms with Crippen molar-refractivity contribution in [1.29, 1.82) is 0 Å². The number of benzodiazepines with no additional fused rings is 1. The molecule has 3 aromatic rings. The lowest BCUT2D eigenvalue weighted by Gasteiger charge is -2.09. The van der Waals surface area contributed by atoms with Gasteiger partial charge in [0.15, 0.2) is 0 Å². The van der Waals surface area contributed by atoms with Gasteiger partial charge >= 0.3 is 0 Å². The molecule has 26 heavy (non-hydrogen) atoms. The fourth-order valence-electron chi connectivity index (χ4n) is 2.87. The van der Waals surface area contributed by atoms with E-state index in [1.54, 1.807) is 6.21 Å². The third kappa shape index (κ3) is 3.30. The number of rotatable bonds is 3. The summed E-state index contributed by atoms with van der Waals surface area (Å²) in [6, 6.07) is 27.2. The first kappa shape index (κ1) is 16.0. The number of carbonyl (C=O) groups excluding carboxylic acids is 1. The van der Waals surface area contributed by atoms with Gasteiger partial charge in [-0.3, -0.25) is 9.79 Å². The zero-order valence-electron chi connectivity index (χ0n) is 14.0. The van der Waals surface area contributed by atoms with Crippen molar-refractivity contribution in [2.24, 2.45) is 9.98 Å². The van der Waals surface area contributed by atoms with E-state index in [1.807, 2.05) is 84.9 Å². The highest BCUT2D eigenvalue weighted by atomic mass is 16.2. The average Bonchev–Trinajstić information content (AvgIpc) is 2.84. The van der Waals surface area contributed by atoms with Crippen molar-refractivity contribution in [2.45, 2.75) is 6.17 Å². The Morgan fingerprint density at radius 2 is 1.50 bits per heavy atom. The summed E-state index contributed by atoms with van der Waals surface area (Å²) < 4.78 is 0. The smallest absolute Gasteiger partial charge is 0.271 e. The summed E-state index contributed by atoms with van der Waals surface area (Å²) >= 11 is 0. The first-order valence-electron chi connectivity index (χ1n) is 8.43. The van der Waals surface area contributed by atoms with Crippen LogP contribution in [0.15, 0.2) is 94.9 Å². The summed E-state index contributed by atoms with van der Waals surface area (Å²) in [7, 11) is 0. The second-order valence-corrected chi connectivity index (χ2v) is 5.94. The predicted octanol–water partition coefficient (Wildman–Crippen LogP) is 3.92. The van der Waals surface area contributed by atoms with Crippen molar-refractivity contribution in [1.82, 2.24) is 0 Å². The van der Waals surface area contributed by atoms with E-state index in [0.29, 0.717) is 0 Å². The van der Waals surface area contributed by atoms with Gasteiger partial charge in [-0.1, -0.05) is 78.9 Å². The van der Waals surface area contributed by atoms with Gasteiger partial charge in [0.05, 0.1) is 11.4 Å². The van der Waals surface area contributed by atoms with Crippen LogP contribution in [0.4, 0.5) is 5.69 Å². The van der Waals surface area contributed by atoms with Crippen LogP contribution in [0, 0.1) is 0 Å². The van der Waals surface area contributed by atoms with E-state index in [9.17, 15) is 4.79 Å². The number of para-hydroxylation sites is 1. The molecule has 3 aromatic carbocycles. The number of amides is 1. The normalized spacial score (nSPS) is 16.5. The molecule has 0 bridgehead atoms. The largest absolute Gasteiger partial charge is 0.322 e. The molecule has 1 aliphatic heterocycles. The van der Waals surface area contributed by atoms with Gasteiger partial charge < -0.3 is 5.32 Å². The molecule has 0 aromatic heterocycles. The van der Waals surface area contributed by atoms with Crippen molar-refractivity contribution in [3.8, 4) is 0 Å². The Kier molecular flexibility index (Phi) is 4.39. The van der Waals surface area contributed by atoms with Gasteiger partial charge in [-0.2, -0.15) is 0 Å². The molecule has 1 amide bonds. The van der Waals surface area contributed by atoms with Crippen LogP contribution in [0.2, 0.25) is 0 Å². The second-order valence-electron chi connectivity index (χ2n) is 5.94. The first-order valence-corrected chi connectivity index (χ1v) is 8.43. The molecule has 0 saturated heterocycles. The number of carbonyl (C=O) groups is 1. The molecule has 1 atom stereocenters. The first-order chi connectivity index (χ1) is 12.8. The molecule has 0 aliphatic carbocycles. The van der Waals surface area contributed by atoms with Crippen LogP contribution in [0.5, 0.6) is 0 Å². The maximum atomic E-state index is 12.6. The molecule has 1 N–H and O–H groups in total. The van der Waals surface area contributed by atoms with E-state index in [2.05, 4.69) is 15.3 Å². The summed E-state index contributed by atoms with van der Waals surface area (Å²) in [5.74, 6) is -0.240. The van der Waals surface area contributed by atoms with Crippen molar-refractivity contribution in [2.75, 3.05) is 5.32 Å². The molecule has 126 valence electrons. The van der Waals surface area contributed by atoms with Gasteiger partial charge in [0, 0.05) is 17.3 Å². The highest BCUT2D eigenvalue weighted by Crippen LogP contribution is 2.24. The van der Waals surface area contributed by atoms with Crippen molar-refractivity contribution in [3.05, 3.63) is 102 Å². The van der Waals surface area contributed by atoms with Crippen LogP contribution in [-0.2, 0) is 4.79 Å². The molecule has 4 nitrogen and oxygen atoms in total. The molecule has 1 unspecified atom stereocenters. The topological polar surface area (TPSA) is 53.8 Å². The van der Waals surface area contributed by atoms with E-state index in [4.69, 9.17) is 0 Å². The second kappa shape index (κ2) is 7.15. The highest BCUT2D eigenvalue weighted by molar-refractivity contribution is 6.19. The van der Waals surface area contributed by atoms with Gasteiger partial charge in [-0.25, -0.2) is 4.99 Å². The molecule has 0 spiro atoms. The van der Waals surface area contributed by atoms with Crippen LogP contribution in [0.3, 0.4) is 0 Å². The minimum atomic E-state index is -0.835. The number of anilines is 1. The number of hydrogen-bond acceptors (Lipinski definition) is 3. The lowest BCUT2D eigenvalue weighted by atomic mass is 10.0. The van der Waals surface area contributed by atoms with E-state index in [-0.39, 0.29) is 5.91 Å². The quantitative estimate of drug-likeness (QED) is 0.723. The molecule has 4 rings (SSSR count). The third-order valence-electron chi connectivity index (χ3n) is 4.14. The maximum Gasteiger partial charge on any atom is 0.271 e. The van der Waals surface area contributed by atoms with Crippen molar-refractivity contribution in [3.63, 3.8) is 0 Å². The summed E-state index contributed by atoms with van der Waals surface area (Å²) in [4.78, 5) is 21.8. The number of fused-ring (bicyclic) bond motifs is 1. The van der Waals surface area contributed by atoms with Crippen molar-refractivity contribution < 1.29 is 4.79 Å². The standard InChI is InChI=1S/C22H17N3O/c26-22-21(23-15-16-9-3-1-4-10-16)25-20(17-11-5-2-6-12-17)18-13-7-8-14-19(18)24-22/h1-15,21H,(H,24,26). The lowest BCUT2D eigenvalue weighted by molar-refractivity contribution is -0.117. The molecule has 0 radical (unpaired) electrons. The van der Waals surface area contributed by atoms with E-state index in [1.165, 1.54) is 0 Å². The van der Waals surface area contributed by atoms with Crippen LogP contribution in [-0.4, -0.2) is 24.0 Å². The molecule has 4 heteroatoms. The number of nitrogens with zero attached hydrogens (tertiary/aromatic N) is 2. The van der Waals surface area contributed by atoms with Gasteiger partial charge in [-0.05, 0) is 11.6 Å². The summed E-state index contributed by atoms with van der Waals surface area (Å²) in [5, 5.41) is 2.94. The monoisotopic (exact) mass is 339 g/mol. The Morgan fingerprint density at radius 3 is 2.27 bits per heavy atom. The Bertz CT molecular complexity index is 979.